The van der Waals surface area contributed by atoms with Crippen LogP contribution in [0.1, 0.15) is 29.4 Å². The van der Waals surface area contributed by atoms with Gasteiger partial charge in [0.05, 0.1) is 4.88 Å². The summed E-state index contributed by atoms with van der Waals surface area (Å²) in [6.07, 6.45) is 2.13. The van der Waals surface area contributed by atoms with Crippen LogP contribution in [-0.2, 0) is 4.79 Å². The lowest BCUT2D eigenvalue weighted by Crippen LogP contribution is -2.45. The number of hydrogen-bond donors (Lipinski definition) is 1. The zero-order valence-corrected chi connectivity index (χ0v) is 10.6. The number of hydrogen-bond acceptors (Lipinski definition) is 3. The molecule has 92 valence electrons. The Bertz CT molecular complexity index is 397. The molecule has 1 aliphatic rings. The van der Waals surface area contributed by atoms with E-state index in [1.54, 1.807) is 13.0 Å². The van der Waals surface area contributed by atoms with Gasteiger partial charge in [0.15, 0.2) is 0 Å². The minimum absolute atomic E-state index is 0.0207. The lowest BCUT2D eigenvalue weighted by Gasteiger charge is -2.20. The van der Waals surface area contributed by atoms with Crippen LogP contribution in [0.2, 0.25) is 0 Å². The van der Waals surface area contributed by atoms with Crippen LogP contribution < -0.4 is 5.32 Å². The second-order valence-electron chi connectivity index (χ2n) is 4.20. The summed E-state index contributed by atoms with van der Waals surface area (Å²) in [5, 5.41) is 4.59. The van der Waals surface area contributed by atoms with E-state index in [1.807, 2.05) is 16.3 Å². The molecule has 1 aliphatic heterocycles. The van der Waals surface area contributed by atoms with Crippen molar-refractivity contribution >= 4 is 23.2 Å². The maximum Gasteiger partial charge on any atom is 0.261 e. The van der Waals surface area contributed by atoms with Gasteiger partial charge in [-0.2, -0.15) is 0 Å². The number of rotatable bonds is 3. The molecule has 1 saturated heterocycles. The van der Waals surface area contributed by atoms with E-state index in [0.717, 1.165) is 25.9 Å². The fraction of sp³-hybridized carbons (Fsp3) is 0.500. The molecular formula is C12H16N2O2S. The molecule has 4 nitrogen and oxygen atoms in total. The van der Waals surface area contributed by atoms with Gasteiger partial charge in [-0.15, -0.1) is 11.3 Å². The number of carbonyl (C=O) groups excluding carboxylic acids is 2. The van der Waals surface area contributed by atoms with Gasteiger partial charge in [-0.05, 0) is 31.2 Å². The molecule has 1 N–H and O–H groups in total. The standard InChI is InChI=1S/C12H16N2O2S/c1-9(12(16)14-6-2-3-7-14)13-11(15)10-5-4-8-17-10/h4-5,8-9H,2-3,6-7H2,1H3,(H,13,15). The first-order valence-corrected chi connectivity index (χ1v) is 6.69. The largest absolute Gasteiger partial charge is 0.341 e. The summed E-state index contributed by atoms with van der Waals surface area (Å²) < 4.78 is 0. The van der Waals surface area contributed by atoms with Crippen molar-refractivity contribution in [2.75, 3.05) is 13.1 Å². The van der Waals surface area contributed by atoms with E-state index in [-0.39, 0.29) is 11.8 Å². The minimum atomic E-state index is -0.442. The van der Waals surface area contributed by atoms with Crippen LogP contribution in [0.3, 0.4) is 0 Å². The molecule has 1 atom stereocenters. The van der Waals surface area contributed by atoms with Crippen molar-refractivity contribution in [3.8, 4) is 0 Å². The third-order valence-electron chi connectivity index (χ3n) is 2.88. The Morgan fingerprint density at radius 3 is 2.71 bits per heavy atom. The molecule has 5 heteroatoms. The molecule has 0 aromatic carbocycles. The van der Waals surface area contributed by atoms with Crippen molar-refractivity contribution in [1.29, 1.82) is 0 Å². The van der Waals surface area contributed by atoms with Gasteiger partial charge in [-0.25, -0.2) is 0 Å². The van der Waals surface area contributed by atoms with Crippen LogP contribution in [0.15, 0.2) is 17.5 Å². The van der Waals surface area contributed by atoms with Crippen molar-refractivity contribution in [3.63, 3.8) is 0 Å². The third-order valence-corrected chi connectivity index (χ3v) is 3.75. The summed E-state index contributed by atoms with van der Waals surface area (Å²) in [5.41, 5.74) is 0. The van der Waals surface area contributed by atoms with Crippen LogP contribution in [0.5, 0.6) is 0 Å². The van der Waals surface area contributed by atoms with Gasteiger partial charge in [-0.3, -0.25) is 9.59 Å². The van der Waals surface area contributed by atoms with Crippen LogP contribution in [0.25, 0.3) is 0 Å². The zero-order chi connectivity index (χ0) is 12.3. The summed E-state index contributed by atoms with van der Waals surface area (Å²) in [7, 11) is 0. The van der Waals surface area contributed by atoms with Gasteiger partial charge < -0.3 is 10.2 Å². The summed E-state index contributed by atoms with van der Waals surface area (Å²) in [6, 6.07) is 3.14. The van der Waals surface area contributed by atoms with E-state index in [9.17, 15) is 9.59 Å². The lowest BCUT2D eigenvalue weighted by molar-refractivity contribution is -0.131. The molecule has 2 amide bonds. The van der Waals surface area contributed by atoms with E-state index >= 15 is 0 Å². The number of nitrogens with one attached hydrogen (secondary N) is 1. The molecule has 1 aromatic heterocycles. The Balaban J connectivity index is 1.90. The topological polar surface area (TPSA) is 49.4 Å². The monoisotopic (exact) mass is 252 g/mol. The average molecular weight is 252 g/mol. The van der Waals surface area contributed by atoms with Crippen LogP contribution in [-0.4, -0.2) is 35.8 Å². The highest BCUT2D eigenvalue weighted by atomic mass is 32.1. The summed E-state index contributed by atoms with van der Waals surface area (Å²) in [6.45, 7) is 3.38. The second kappa shape index (κ2) is 5.31. The lowest BCUT2D eigenvalue weighted by atomic mass is 10.3. The van der Waals surface area contributed by atoms with Gasteiger partial charge >= 0.3 is 0 Å². The Morgan fingerprint density at radius 1 is 1.41 bits per heavy atom. The molecular weight excluding hydrogens is 236 g/mol. The first-order valence-electron chi connectivity index (χ1n) is 5.81. The highest BCUT2D eigenvalue weighted by Gasteiger charge is 2.24. The number of carbonyl (C=O) groups is 2. The fourth-order valence-corrected chi connectivity index (χ4v) is 2.58. The van der Waals surface area contributed by atoms with E-state index in [4.69, 9.17) is 0 Å². The molecule has 2 rings (SSSR count). The Labute approximate surface area is 105 Å². The van der Waals surface area contributed by atoms with E-state index < -0.39 is 6.04 Å². The van der Waals surface area contributed by atoms with E-state index in [0.29, 0.717) is 4.88 Å². The molecule has 0 bridgehead atoms. The third kappa shape index (κ3) is 2.85. The van der Waals surface area contributed by atoms with Gasteiger partial charge in [-0.1, -0.05) is 6.07 Å². The Kier molecular flexibility index (Phi) is 3.78. The van der Waals surface area contributed by atoms with Crippen molar-refractivity contribution in [1.82, 2.24) is 10.2 Å². The molecule has 0 radical (unpaired) electrons. The van der Waals surface area contributed by atoms with Gasteiger partial charge in [0.2, 0.25) is 5.91 Å². The maximum atomic E-state index is 12.0. The summed E-state index contributed by atoms with van der Waals surface area (Å²) >= 11 is 1.38. The fourth-order valence-electron chi connectivity index (χ4n) is 1.95. The highest BCUT2D eigenvalue weighted by Crippen LogP contribution is 2.11. The Hall–Kier alpha value is -1.36. The molecule has 17 heavy (non-hydrogen) atoms. The van der Waals surface area contributed by atoms with Crippen molar-refractivity contribution in [3.05, 3.63) is 22.4 Å². The smallest absolute Gasteiger partial charge is 0.261 e. The predicted molar refractivity (Wildman–Crippen MR) is 67.1 cm³/mol. The highest BCUT2D eigenvalue weighted by molar-refractivity contribution is 7.12. The SMILES string of the molecule is CC(NC(=O)c1cccs1)C(=O)N1CCCC1. The molecule has 0 saturated carbocycles. The Morgan fingerprint density at radius 2 is 2.12 bits per heavy atom. The van der Waals surface area contributed by atoms with Crippen molar-refractivity contribution < 1.29 is 9.59 Å². The number of amides is 2. The van der Waals surface area contributed by atoms with E-state index in [1.165, 1.54) is 11.3 Å². The van der Waals surface area contributed by atoms with Gasteiger partial charge in [0.1, 0.15) is 6.04 Å². The van der Waals surface area contributed by atoms with Crippen molar-refractivity contribution in [2.24, 2.45) is 0 Å². The minimum Gasteiger partial charge on any atom is -0.341 e. The molecule has 0 spiro atoms. The number of nitrogens with zero attached hydrogens (tertiary/aromatic N) is 1. The normalized spacial score (nSPS) is 16.9. The summed E-state index contributed by atoms with van der Waals surface area (Å²) in [5.74, 6) is -0.146. The van der Waals surface area contributed by atoms with Crippen molar-refractivity contribution in [2.45, 2.75) is 25.8 Å². The molecule has 2 heterocycles. The number of likely N-dealkylation sites (tertiary alicyclic amines) is 1. The zero-order valence-electron chi connectivity index (χ0n) is 9.81. The maximum absolute atomic E-state index is 12.0. The van der Waals surface area contributed by atoms with E-state index in [2.05, 4.69) is 5.32 Å². The average Bonchev–Trinajstić information content (AvgIpc) is 3.00. The first kappa shape index (κ1) is 12.1. The summed E-state index contributed by atoms with van der Waals surface area (Å²) in [4.78, 5) is 26.2. The van der Waals surface area contributed by atoms with Gasteiger partial charge in [0.25, 0.3) is 5.91 Å². The van der Waals surface area contributed by atoms with Crippen LogP contribution in [0.4, 0.5) is 0 Å². The second-order valence-corrected chi connectivity index (χ2v) is 5.15. The predicted octanol–water partition coefficient (Wildman–Crippen LogP) is 1.49. The van der Waals surface area contributed by atoms with Gasteiger partial charge in [0, 0.05) is 13.1 Å². The van der Waals surface area contributed by atoms with Crippen LogP contribution >= 0.6 is 11.3 Å². The number of thiophene rings is 1. The molecule has 0 aliphatic carbocycles. The molecule has 1 unspecified atom stereocenters. The quantitative estimate of drug-likeness (QED) is 0.886. The molecule has 1 fully saturated rings. The molecule has 1 aromatic rings. The van der Waals surface area contributed by atoms with Crippen LogP contribution in [0, 0.1) is 0 Å². The first-order chi connectivity index (χ1) is 8.18.